The molecule has 0 aromatic carbocycles. The number of hydrogen-bond acceptors (Lipinski definition) is 3. The van der Waals surface area contributed by atoms with Gasteiger partial charge in [-0.05, 0) is 31.4 Å². The van der Waals surface area contributed by atoms with E-state index in [4.69, 9.17) is 9.52 Å². The monoisotopic (exact) mass is 282 g/mol. The zero-order chi connectivity index (χ0) is 15.1. The number of amides is 2. The molecule has 3 N–H and O–H groups in total. The summed E-state index contributed by atoms with van der Waals surface area (Å²) in [6, 6.07) is 2.85. The first-order valence-electron chi connectivity index (χ1n) is 6.70. The summed E-state index contributed by atoms with van der Waals surface area (Å²) in [7, 11) is 0. The van der Waals surface area contributed by atoms with Crippen molar-refractivity contribution in [2.45, 2.75) is 33.2 Å². The number of aliphatic carboxylic acids is 1. The van der Waals surface area contributed by atoms with Gasteiger partial charge in [0.05, 0.1) is 18.2 Å². The van der Waals surface area contributed by atoms with E-state index in [0.29, 0.717) is 12.2 Å². The minimum Gasteiger partial charge on any atom is -0.481 e. The standard InChI is InChI=1S/C14H22N2O4/c1-9(2)7-11(13(17)18)8-15-14(19)16-10(3)12-5-4-6-20-12/h4-6,9-11H,7-8H2,1-3H3,(H,17,18)(H2,15,16,19). The second-order valence-corrected chi connectivity index (χ2v) is 5.26. The number of carbonyl (C=O) groups excluding carboxylic acids is 1. The fraction of sp³-hybridized carbons (Fsp3) is 0.571. The SMILES string of the molecule is CC(C)CC(CNC(=O)NC(C)c1ccco1)C(=O)O. The smallest absolute Gasteiger partial charge is 0.315 e. The Kier molecular flexibility index (Phi) is 6.09. The van der Waals surface area contributed by atoms with Crippen LogP contribution < -0.4 is 10.6 Å². The fourth-order valence-electron chi connectivity index (χ4n) is 1.91. The molecule has 6 nitrogen and oxygen atoms in total. The summed E-state index contributed by atoms with van der Waals surface area (Å²) in [4.78, 5) is 22.8. The van der Waals surface area contributed by atoms with E-state index in [1.54, 1.807) is 19.1 Å². The molecular weight excluding hydrogens is 260 g/mol. The molecular formula is C14H22N2O4. The highest BCUT2D eigenvalue weighted by molar-refractivity contribution is 5.76. The van der Waals surface area contributed by atoms with Crippen molar-refractivity contribution in [3.63, 3.8) is 0 Å². The van der Waals surface area contributed by atoms with Crippen LogP contribution in [-0.2, 0) is 4.79 Å². The van der Waals surface area contributed by atoms with Gasteiger partial charge in [0, 0.05) is 6.54 Å². The van der Waals surface area contributed by atoms with Gasteiger partial charge in [-0.3, -0.25) is 4.79 Å². The zero-order valence-electron chi connectivity index (χ0n) is 12.1. The molecule has 1 heterocycles. The molecule has 112 valence electrons. The molecule has 0 saturated carbocycles. The summed E-state index contributed by atoms with van der Waals surface area (Å²) >= 11 is 0. The molecule has 2 amide bonds. The Morgan fingerprint density at radius 1 is 1.35 bits per heavy atom. The molecule has 0 fully saturated rings. The van der Waals surface area contributed by atoms with Crippen molar-refractivity contribution in [2.75, 3.05) is 6.54 Å². The topological polar surface area (TPSA) is 91.6 Å². The molecule has 0 saturated heterocycles. The van der Waals surface area contributed by atoms with E-state index in [2.05, 4.69) is 10.6 Å². The third-order valence-electron chi connectivity index (χ3n) is 2.93. The summed E-state index contributed by atoms with van der Waals surface area (Å²) in [5.74, 6) is -0.544. The highest BCUT2D eigenvalue weighted by Gasteiger charge is 2.20. The lowest BCUT2D eigenvalue weighted by atomic mass is 9.97. The van der Waals surface area contributed by atoms with Crippen molar-refractivity contribution in [2.24, 2.45) is 11.8 Å². The molecule has 2 atom stereocenters. The van der Waals surface area contributed by atoms with Gasteiger partial charge in [0.15, 0.2) is 0 Å². The lowest BCUT2D eigenvalue weighted by molar-refractivity contribution is -0.142. The van der Waals surface area contributed by atoms with Gasteiger partial charge in [-0.2, -0.15) is 0 Å². The third-order valence-corrected chi connectivity index (χ3v) is 2.93. The van der Waals surface area contributed by atoms with Gasteiger partial charge in [0.25, 0.3) is 0 Å². The second kappa shape index (κ2) is 7.57. The number of rotatable bonds is 7. The maximum atomic E-state index is 11.7. The van der Waals surface area contributed by atoms with Crippen LogP contribution in [0.4, 0.5) is 4.79 Å². The first-order chi connectivity index (χ1) is 9.40. The highest BCUT2D eigenvalue weighted by Crippen LogP contribution is 2.13. The van der Waals surface area contributed by atoms with Gasteiger partial charge in [-0.1, -0.05) is 13.8 Å². The first-order valence-corrected chi connectivity index (χ1v) is 6.70. The van der Waals surface area contributed by atoms with Gasteiger partial charge in [-0.15, -0.1) is 0 Å². The number of urea groups is 1. The molecule has 2 unspecified atom stereocenters. The van der Waals surface area contributed by atoms with Crippen molar-refractivity contribution in [3.05, 3.63) is 24.2 Å². The van der Waals surface area contributed by atoms with Gasteiger partial charge >= 0.3 is 12.0 Å². The van der Waals surface area contributed by atoms with E-state index >= 15 is 0 Å². The Balaban J connectivity index is 2.39. The van der Waals surface area contributed by atoms with Crippen LogP contribution in [0.3, 0.4) is 0 Å². The fourth-order valence-corrected chi connectivity index (χ4v) is 1.91. The summed E-state index contributed by atoms with van der Waals surface area (Å²) < 4.78 is 5.18. The van der Waals surface area contributed by atoms with Crippen LogP contribution >= 0.6 is 0 Å². The average molecular weight is 282 g/mol. The average Bonchev–Trinajstić information content (AvgIpc) is 2.87. The molecule has 0 radical (unpaired) electrons. The van der Waals surface area contributed by atoms with Crippen LogP contribution in [0.15, 0.2) is 22.8 Å². The van der Waals surface area contributed by atoms with Crippen LogP contribution in [0.2, 0.25) is 0 Å². The number of carboxylic acid groups (broad SMARTS) is 1. The number of carboxylic acids is 1. The van der Waals surface area contributed by atoms with Crippen LogP contribution in [0.1, 0.15) is 39.0 Å². The predicted molar refractivity (Wildman–Crippen MR) is 74.2 cm³/mol. The van der Waals surface area contributed by atoms with E-state index in [1.165, 1.54) is 6.26 Å². The Hall–Kier alpha value is -1.98. The van der Waals surface area contributed by atoms with E-state index < -0.39 is 17.9 Å². The molecule has 20 heavy (non-hydrogen) atoms. The number of furan rings is 1. The largest absolute Gasteiger partial charge is 0.481 e. The number of nitrogens with one attached hydrogen (secondary N) is 2. The molecule has 0 aliphatic carbocycles. The van der Waals surface area contributed by atoms with Gasteiger partial charge in [0.2, 0.25) is 0 Å². The van der Waals surface area contributed by atoms with Crippen molar-refractivity contribution in [1.82, 2.24) is 10.6 Å². The van der Waals surface area contributed by atoms with E-state index in [1.807, 2.05) is 13.8 Å². The van der Waals surface area contributed by atoms with E-state index in [-0.39, 0.29) is 18.5 Å². The zero-order valence-corrected chi connectivity index (χ0v) is 12.1. The van der Waals surface area contributed by atoms with E-state index in [9.17, 15) is 9.59 Å². The Bertz CT molecular complexity index is 428. The molecule has 0 bridgehead atoms. The maximum absolute atomic E-state index is 11.7. The van der Waals surface area contributed by atoms with Crippen molar-refractivity contribution >= 4 is 12.0 Å². The minimum absolute atomic E-state index is 0.115. The molecule has 1 rings (SSSR count). The molecule has 1 aromatic heterocycles. The molecule has 0 aliphatic heterocycles. The van der Waals surface area contributed by atoms with Gasteiger partial charge in [-0.25, -0.2) is 4.79 Å². The quantitative estimate of drug-likeness (QED) is 0.716. The molecule has 0 aliphatic rings. The first kappa shape index (κ1) is 16.1. The third kappa shape index (κ3) is 5.34. The maximum Gasteiger partial charge on any atom is 0.315 e. The predicted octanol–water partition coefficient (Wildman–Crippen LogP) is 2.39. The lowest BCUT2D eigenvalue weighted by Gasteiger charge is -2.17. The molecule has 1 aromatic rings. The Morgan fingerprint density at radius 3 is 2.55 bits per heavy atom. The second-order valence-electron chi connectivity index (χ2n) is 5.26. The van der Waals surface area contributed by atoms with Gasteiger partial charge in [0.1, 0.15) is 5.76 Å². The Morgan fingerprint density at radius 2 is 2.05 bits per heavy atom. The molecule has 0 spiro atoms. The van der Waals surface area contributed by atoms with Gasteiger partial charge < -0.3 is 20.2 Å². The summed E-state index contributed by atoms with van der Waals surface area (Å²) in [6.07, 6.45) is 2.07. The summed E-state index contributed by atoms with van der Waals surface area (Å²) in [6.45, 7) is 5.81. The van der Waals surface area contributed by atoms with Crippen LogP contribution in [0.25, 0.3) is 0 Å². The normalized spacial score (nSPS) is 13.8. The van der Waals surface area contributed by atoms with Crippen LogP contribution in [0, 0.1) is 11.8 Å². The van der Waals surface area contributed by atoms with Crippen molar-refractivity contribution in [3.8, 4) is 0 Å². The highest BCUT2D eigenvalue weighted by atomic mass is 16.4. The van der Waals surface area contributed by atoms with Crippen LogP contribution in [0.5, 0.6) is 0 Å². The number of hydrogen-bond donors (Lipinski definition) is 3. The minimum atomic E-state index is -0.891. The molecule has 6 heteroatoms. The van der Waals surface area contributed by atoms with Crippen molar-refractivity contribution in [1.29, 1.82) is 0 Å². The summed E-state index contributed by atoms with van der Waals surface area (Å²) in [5.41, 5.74) is 0. The lowest BCUT2D eigenvalue weighted by Crippen LogP contribution is -2.41. The number of carbonyl (C=O) groups is 2. The van der Waals surface area contributed by atoms with E-state index in [0.717, 1.165) is 0 Å². The summed E-state index contributed by atoms with van der Waals surface area (Å²) in [5, 5.41) is 14.4. The van der Waals surface area contributed by atoms with Crippen LogP contribution in [-0.4, -0.2) is 23.7 Å². The Labute approximate surface area is 118 Å². The van der Waals surface area contributed by atoms with Crippen molar-refractivity contribution < 1.29 is 19.1 Å².